The van der Waals surface area contributed by atoms with Gasteiger partial charge in [-0.05, 0) is 32.4 Å². The lowest BCUT2D eigenvalue weighted by Crippen LogP contribution is -2.62. The van der Waals surface area contributed by atoms with E-state index in [1.807, 2.05) is 13.8 Å². The first-order valence-corrected chi connectivity index (χ1v) is 6.32. The standard InChI is InChI=1S/C14H21N3O/c1-10-4-5-12(11(8-10)9-15)17-7-6-16-13(18)14(17,2)3/h4-5,8H,6-7,9,15H2,1-3H3,(H,16,18). The SMILES string of the molecule is Cc1ccc(N2CCNC(=O)C2(C)C)c(CN)c1. The largest absolute Gasteiger partial charge is 0.355 e. The van der Waals surface area contributed by atoms with E-state index < -0.39 is 5.54 Å². The Morgan fingerprint density at radius 2 is 2.17 bits per heavy atom. The monoisotopic (exact) mass is 247 g/mol. The van der Waals surface area contributed by atoms with Gasteiger partial charge >= 0.3 is 0 Å². The number of benzene rings is 1. The number of rotatable bonds is 2. The van der Waals surface area contributed by atoms with Crippen molar-refractivity contribution in [3.63, 3.8) is 0 Å². The Kier molecular flexibility index (Phi) is 3.30. The van der Waals surface area contributed by atoms with E-state index in [-0.39, 0.29) is 5.91 Å². The second-order valence-electron chi connectivity index (χ2n) is 5.30. The molecule has 1 aliphatic heterocycles. The van der Waals surface area contributed by atoms with Crippen molar-refractivity contribution in [3.8, 4) is 0 Å². The van der Waals surface area contributed by atoms with Crippen molar-refractivity contribution < 1.29 is 4.79 Å². The molecule has 0 bridgehead atoms. The lowest BCUT2D eigenvalue weighted by molar-refractivity contribution is -0.126. The summed E-state index contributed by atoms with van der Waals surface area (Å²) < 4.78 is 0. The van der Waals surface area contributed by atoms with Crippen LogP contribution in [0.3, 0.4) is 0 Å². The quantitative estimate of drug-likeness (QED) is 0.824. The summed E-state index contributed by atoms with van der Waals surface area (Å²) in [6.07, 6.45) is 0. The number of nitrogens with zero attached hydrogens (tertiary/aromatic N) is 1. The van der Waals surface area contributed by atoms with Gasteiger partial charge in [0.2, 0.25) is 5.91 Å². The third-order valence-electron chi connectivity index (χ3n) is 3.60. The van der Waals surface area contributed by atoms with E-state index in [9.17, 15) is 4.79 Å². The number of carbonyl (C=O) groups excluding carboxylic acids is 1. The van der Waals surface area contributed by atoms with Crippen molar-refractivity contribution in [2.75, 3.05) is 18.0 Å². The summed E-state index contributed by atoms with van der Waals surface area (Å²) >= 11 is 0. The molecular weight excluding hydrogens is 226 g/mol. The van der Waals surface area contributed by atoms with E-state index >= 15 is 0 Å². The summed E-state index contributed by atoms with van der Waals surface area (Å²) in [5, 5.41) is 2.91. The molecule has 1 aliphatic rings. The molecule has 1 saturated heterocycles. The van der Waals surface area contributed by atoms with Crippen LogP contribution >= 0.6 is 0 Å². The minimum Gasteiger partial charge on any atom is -0.355 e. The highest BCUT2D eigenvalue weighted by Crippen LogP contribution is 2.29. The predicted octanol–water partition coefficient (Wildman–Crippen LogP) is 1.17. The highest BCUT2D eigenvalue weighted by molar-refractivity contribution is 5.90. The van der Waals surface area contributed by atoms with Crippen LogP contribution in [0.4, 0.5) is 5.69 Å². The molecular formula is C14H21N3O. The van der Waals surface area contributed by atoms with Gasteiger partial charge in [-0.25, -0.2) is 0 Å². The van der Waals surface area contributed by atoms with Gasteiger partial charge in [0.1, 0.15) is 5.54 Å². The van der Waals surface area contributed by atoms with Crippen LogP contribution in [0.15, 0.2) is 18.2 Å². The fraction of sp³-hybridized carbons (Fsp3) is 0.500. The molecule has 0 radical (unpaired) electrons. The number of nitrogens with two attached hydrogens (primary N) is 1. The first kappa shape index (κ1) is 12.9. The van der Waals surface area contributed by atoms with Crippen molar-refractivity contribution in [2.45, 2.75) is 32.9 Å². The first-order chi connectivity index (χ1) is 8.46. The average molecular weight is 247 g/mol. The highest BCUT2D eigenvalue weighted by atomic mass is 16.2. The van der Waals surface area contributed by atoms with E-state index in [4.69, 9.17) is 5.73 Å². The van der Waals surface area contributed by atoms with Crippen LogP contribution in [0, 0.1) is 6.92 Å². The van der Waals surface area contributed by atoms with E-state index in [1.54, 1.807) is 0 Å². The summed E-state index contributed by atoms with van der Waals surface area (Å²) in [7, 11) is 0. The minimum absolute atomic E-state index is 0.0669. The zero-order valence-electron chi connectivity index (χ0n) is 11.3. The van der Waals surface area contributed by atoms with Crippen LogP contribution in [0.1, 0.15) is 25.0 Å². The zero-order valence-corrected chi connectivity index (χ0v) is 11.3. The summed E-state index contributed by atoms with van der Waals surface area (Å²) in [4.78, 5) is 14.1. The molecule has 3 N–H and O–H groups in total. The maximum atomic E-state index is 12.0. The molecule has 4 heteroatoms. The fourth-order valence-electron chi connectivity index (χ4n) is 2.46. The molecule has 0 aromatic heterocycles. The molecule has 1 aromatic rings. The number of hydrogen-bond donors (Lipinski definition) is 2. The maximum absolute atomic E-state index is 12.0. The Labute approximate surface area is 108 Å². The van der Waals surface area contributed by atoms with Crippen LogP contribution in [-0.4, -0.2) is 24.5 Å². The van der Waals surface area contributed by atoms with Crippen LogP contribution in [-0.2, 0) is 11.3 Å². The van der Waals surface area contributed by atoms with Crippen LogP contribution in [0.2, 0.25) is 0 Å². The number of piperazine rings is 1. The Hall–Kier alpha value is -1.55. The normalized spacial score (nSPS) is 18.7. The minimum atomic E-state index is -0.530. The van der Waals surface area contributed by atoms with E-state index in [0.717, 1.165) is 17.8 Å². The molecule has 1 aromatic carbocycles. The molecule has 1 heterocycles. The van der Waals surface area contributed by atoms with Crippen molar-refractivity contribution in [1.82, 2.24) is 5.32 Å². The second kappa shape index (κ2) is 4.61. The van der Waals surface area contributed by atoms with Gasteiger partial charge in [-0.1, -0.05) is 17.7 Å². The van der Waals surface area contributed by atoms with Crippen LogP contribution < -0.4 is 16.0 Å². The molecule has 4 nitrogen and oxygen atoms in total. The van der Waals surface area contributed by atoms with Crippen molar-refractivity contribution in [3.05, 3.63) is 29.3 Å². The molecule has 0 spiro atoms. The molecule has 1 fully saturated rings. The second-order valence-corrected chi connectivity index (χ2v) is 5.30. The van der Waals surface area contributed by atoms with Gasteiger partial charge in [0, 0.05) is 25.3 Å². The van der Waals surface area contributed by atoms with E-state index in [1.165, 1.54) is 5.56 Å². The first-order valence-electron chi connectivity index (χ1n) is 6.32. The van der Waals surface area contributed by atoms with Gasteiger partial charge in [-0.2, -0.15) is 0 Å². The predicted molar refractivity (Wildman–Crippen MR) is 73.5 cm³/mol. The van der Waals surface area contributed by atoms with Crippen LogP contribution in [0.5, 0.6) is 0 Å². The number of nitrogens with one attached hydrogen (secondary N) is 1. The lowest BCUT2D eigenvalue weighted by Gasteiger charge is -2.43. The Morgan fingerprint density at radius 3 is 2.83 bits per heavy atom. The maximum Gasteiger partial charge on any atom is 0.245 e. The molecule has 18 heavy (non-hydrogen) atoms. The van der Waals surface area contributed by atoms with Crippen molar-refractivity contribution in [2.24, 2.45) is 5.73 Å². The Morgan fingerprint density at radius 1 is 1.44 bits per heavy atom. The van der Waals surface area contributed by atoms with Gasteiger partial charge in [0.05, 0.1) is 0 Å². The van der Waals surface area contributed by atoms with Gasteiger partial charge in [0.15, 0.2) is 0 Å². The van der Waals surface area contributed by atoms with Gasteiger partial charge in [-0.3, -0.25) is 4.79 Å². The van der Waals surface area contributed by atoms with Gasteiger partial charge < -0.3 is 16.0 Å². The molecule has 0 saturated carbocycles. The fourth-order valence-corrected chi connectivity index (χ4v) is 2.46. The van der Waals surface area contributed by atoms with E-state index in [2.05, 4.69) is 35.3 Å². The lowest BCUT2D eigenvalue weighted by atomic mass is 9.96. The highest BCUT2D eigenvalue weighted by Gasteiger charge is 2.38. The zero-order chi connectivity index (χ0) is 13.3. The number of aryl methyl sites for hydroxylation is 1. The van der Waals surface area contributed by atoms with E-state index in [0.29, 0.717) is 13.1 Å². The molecule has 2 rings (SSSR count). The number of carbonyl (C=O) groups is 1. The summed E-state index contributed by atoms with van der Waals surface area (Å²) in [6.45, 7) is 7.93. The molecule has 0 unspecified atom stereocenters. The van der Waals surface area contributed by atoms with Gasteiger partial charge in [-0.15, -0.1) is 0 Å². The van der Waals surface area contributed by atoms with Crippen molar-refractivity contribution >= 4 is 11.6 Å². The van der Waals surface area contributed by atoms with Gasteiger partial charge in [0.25, 0.3) is 0 Å². The Balaban J connectivity index is 2.44. The average Bonchev–Trinajstić information content (AvgIpc) is 2.33. The molecule has 98 valence electrons. The molecule has 1 amide bonds. The molecule has 0 atom stereocenters. The third-order valence-corrected chi connectivity index (χ3v) is 3.60. The number of anilines is 1. The Bertz CT molecular complexity index is 468. The smallest absolute Gasteiger partial charge is 0.245 e. The summed E-state index contributed by atoms with van der Waals surface area (Å²) in [6, 6.07) is 6.23. The van der Waals surface area contributed by atoms with Crippen LogP contribution in [0.25, 0.3) is 0 Å². The van der Waals surface area contributed by atoms with Crippen molar-refractivity contribution in [1.29, 1.82) is 0 Å². The summed E-state index contributed by atoms with van der Waals surface area (Å²) in [5.74, 6) is 0.0669. The molecule has 0 aliphatic carbocycles. The summed E-state index contributed by atoms with van der Waals surface area (Å²) in [5.41, 5.74) is 8.65. The third kappa shape index (κ3) is 2.08. The number of amides is 1. The number of hydrogen-bond acceptors (Lipinski definition) is 3. The topological polar surface area (TPSA) is 58.4 Å².